The van der Waals surface area contributed by atoms with Crippen LogP contribution in [0, 0.1) is 0 Å². The molecule has 52 heavy (non-hydrogen) atoms. The van der Waals surface area contributed by atoms with Gasteiger partial charge in [-0.2, -0.15) is 0 Å². The third-order valence-electron chi connectivity index (χ3n) is 11.5. The highest BCUT2D eigenvalue weighted by Crippen LogP contribution is 2.51. The fourth-order valence-corrected chi connectivity index (χ4v) is 8.99. The van der Waals surface area contributed by atoms with Crippen LogP contribution in [0.15, 0.2) is 168 Å². The maximum Gasteiger partial charge on any atom is 0.227 e. The van der Waals surface area contributed by atoms with E-state index in [0.29, 0.717) is 5.89 Å². The van der Waals surface area contributed by atoms with Crippen molar-refractivity contribution in [2.75, 3.05) is 0 Å². The molecule has 0 saturated heterocycles. The molecule has 0 saturated carbocycles. The molecule has 11 rings (SSSR count). The minimum atomic E-state index is -0.0713. The van der Waals surface area contributed by atoms with Gasteiger partial charge in [0.05, 0.1) is 0 Å². The van der Waals surface area contributed by atoms with Gasteiger partial charge in [0.2, 0.25) is 5.89 Å². The third kappa shape index (κ3) is 4.09. The van der Waals surface area contributed by atoms with Crippen molar-refractivity contribution in [3.05, 3.63) is 175 Å². The quantitative estimate of drug-likeness (QED) is 0.139. The monoisotopic (exact) mass is 663 g/mol. The molecular weight excluding hydrogens is 631 g/mol. The van der Waals surface area contributed by atoms with Crippen molar-refractivity contribution in [3.63, 3.8) is 0 Å². The van der Waals surface area contributed by atoms with Crippen molar-refractivity contribution in [1.29, 1.82) is 0 Å². The number of oxazole rings is 1. The highest BCUT2D eigenvalue weighted by atomic mass is 16.3. The lowest BCUT2D eigenvalue weighted by Gasteiger charge is -2.23. The van der Waals surface area contributed by atoms with Crippen molar-refractivity contribution in [2.45, 2.75) is 19.3 Å². The molecule has 1 aromatic heterocycles. The Kier molecular flexibility index (Phi) is 6.04. The first-order valence-electron chi connectivity index (χ1n) is 18.0. The minimum absolute atomic E-state index is 0.0713. The first kappa shape index (κ1) is 29.2. The van der Waals surface area contributed by atoms with Crippen molar-refractivity contribution in [3.8, 4) is 44.8 Å². The van der Waals surface area contributed by atoms with Gasteiger partial charge < -0.3 is 4.42 Å². The zero-order chi connectivity index (χ0) is 34.6. The SMILES string of the molecule is CC1(C)c2ccccc2-c2ccc(-c3c4ccccc4c(-c4ccc5ccc6ccc7nc(-c8ccccc8)oc7c6c5c4)c4ccccc34)cc21. The molecule has 0 unspecified atom stereocenters. The van der Waals surface area contributed by atoms with Crippen LogP contribution in [-0.4, -0.2) is 4.98 Å². The zero-order valence-electron chi connectivity index (χ0n) is 28.9. The topological polar surface area (TPSA) is 26.0 Å². The Morgan fingerprint density at radius 3 is 1.73 bits per heavy atom. The average Bonchev–Trinajstić information content (AvgIpc) is 3.73. The van der Waals surface area contributed by atoms with E-state index in [1.54, 1.807) is 0 Å². The van der Waals surface area contributed by atoms with Gasteiger partial charge in [-0.15, -0.1) is 0 Å². The summed E-state index contributed by atoms with van der Waals surface area (Å²) in [5.41, 5.74) is 13.0. The smallest absolute Gasteiger partial charge is 0.227 e. The molecule has 0 spiro atoms. The van der Waals surface area contributed by atoms with E-state index in [-0.39, 0.29) is 5.41 Å². The van der Waals surface area contributed by atoms with Crippen LogP contribution >= 0.6 is 0 Å². The Bertz CT molecular complexity index is 3040. The van der Waals surface area contributed by atoms with Crippen LogP contribution in [0.25, 0.3) is 99.0 Å². The van der Waals surface area contributed by atoms with Crippen LogP contribution in [0.3, 0.4) is 0 Å². The molecule has 244 valence electrons. The molecule has 0 fully saturated rings. The van der Waals surface area contributed by atoms with Gasteiger partial charge in [-0.05, 0) is 113 Å². The van der Waals surface area contributed by atoms with Crippen molar-refractivity contribution in [1.82, 2.24) is 4.98 Å². The molecule has 0 N–H and O–H groups in total. The van der Waals surface area contributed by atoms with Crippen LogP contribution in [0.1, 0.15) is 25.0 Å². The lowest BCUT2D eigenvalue weighted by atomic mass is 9.80. The van der Waals surface area contributed by atoms with E-state index in [4.69, 9.17) is 9.40 Å². The summed E-state index contributed by atoms with van der Waals surface area (Å²) in [6.07, 6.45) is 0. The first-order chi connectivity index (χ1) is 25.5. The van der Waals surface area contributed by atoms with Crippen LogP contribution < -0.4 is 0 Å². The second-order valence-electron chi connectivity index (χ2n) is 14.7. The molecule has 1 aliphatic rings. The van der Waals surface area contributed by atoms with Gasteiger partial charge in [0, 0.05) is 16.4 Å². The second-order valence-corrected chi connectivity index (χ2v) is 14.7. The fourth-order valence-electron chi connectivity index (χ4n) is 8.99. The lowest BCUT2D eigenvalue weighted by molar-refractivity contribution is 0.623. The van der Waals surface area contributed by atoms with Gasteiger partial charge in [0.15, 0.2) is 5.58 Å². The average molecular weight is 664 g/mol. The molecule has 9 aromatic carbocycles. The molecule has 1 aliphatic carbocycles. The maximum atomic E-state index is 6.58. The summed E-state index contributed by atoms with van der Waals surface area (Å²) in [4.78, 5) is 4.92. The molecule has 10 aromatic rings. The van der Waals surface area contributed by atoms with E-state index in [1.165, 1.54) is 71.4 Å². The van der Waals surface area contributed by atoms with Gasteiger partial charge in [0.25, 0.3) is 0 Å². The van der Waals surface area contributed by atoms with E-state index in [0.717, 1.165) is 32.8 Å². The Morgan fingerprint density at radius 1 is 0.442 bits per heavy atom. The third-order valence-corrected chi connectivity index (χ3v) is 11.5. The van der Waals surface area contributed by atoms with E-state index in [9.17, 15) is 0 Å². The molecule has 0 bridgehead atoms. The Balaban J connectivity index is 1.17. The van der Waals surface area contributed by atoms with Crippen molar-refractivity contribution < 1.29 is 4.42 Å². The standard InChI is InChI=1S/C50H33NO/c1-50(2)42-19-11-10-14-35(42)36-26-24-34(29-43(36)50)46-39-17-8-6-15-37(39)45(38-16-7-9-18-40(38)46)33-23-21-30-20-22-31-25-27-44-48(47(31)41(30)28-33)52-49(51-44)32-12-4-3-5-13-32/h3-29H,1-2H3. The van der Waals surface area contributed by atoms with Gasteiger partial charge in [-0.1, -0.05) is 147 Å². The molecule has 0 atom stereocenters. The predicted octanol–water partition coefficient (Wildman–Crippen LogP) is 13.7. The molecule has 2 heteroatoms. The van der Waals surface area contributed by atoms with E-state index >= 15 is 0 Å². The van der Waals surface area contributed by atoms with Gasteiger partial charge in [0.1, 0.15) is 5.52 Å². The molecule has 0 amide bonds. The normalized spacial score (nSPS) is 13.3. The number of aromatic nitrogens is 1. The lowest BCUT2D eigenvalue weighted by Crippen LogP contribution is -2.14. The molecule has 2 nitrogen and oxygen atoms in total. The number of rotatable bonds is 3. The highest BCUT2D eigenvalue weighted by molar-refractivity contribution is 6.23. The molecule has 0 radical (unpaired) electrons. The zero-order valence-corrected chi connectivity index (χ0v) is 28.9. The summed E-state index contributed by atoms with van der Waals surface area (Å²) in [6.45, 7) is 4.72. The first-order valence-corrected chi connectivity index (χ1v) is 18.0. The Hall–Kier alpha value is -6.51. The van der Waals surface area contributed by atoms with E-state index in [1.807, 2.05) is 30.3 Å². The van der Waals surface area contributed by atoms with E-state index < -0.39 is 0 Å². The number of nitrogens with zero attached hydrogens (tertiary/aromatic N) is 1. The molecule has 0 aliphatic heterocycles. The number of benzene rings is 9. The van der Waals surface area contributed by atoms with Crippen LogP contribution in [0.4, 0.5) is 0 Å². The minimum Gasteiger partial charge on any atom is -0.435 e. The van der Waals surface area contributed by atoms with Crippen LogP contribution in [0.5, 0.6) is 0 Å². The van der Waals surface area contributed by atoms with Crippen LogP contribution in [-0.2, 0) is 5.41 Å². The van der Waals surface area contributed by atoms with Crippen molar-refractivity contribution in [2.24, 2.45) is 0 Å². The Labute approximate surface area is 301 Å². The summed E-state index contributed by atoms with van der Waals surface area (Å²) in [7, 11) is 0. The van der Waals surface area contributed by atoms with Gasteiger partial charge in [-0.25, -0.2) is 4.98 Å². The van der Waals surface area contributed by atoms with Crippen molar-refractivity contribution >= 4 is 54.2 Å². The number of hydrogen-bond acceptors (Lipinski definition) is 2. The predicted molar refractivity (Wildman–Crippen MR) is 218 cm³/mol. The molecule has 1 heterocycles. The largest absolute Gasteiger partial charge is 0.435 e. The Morgan fingerprint density at radius 2 is 1.00 bits per heavy atom. The summed E-state index contributed by atoms with van der Waals surface area (Å²) in [6, 6.07) is 59.6. The summed E-state index contributed by atoms with van der Waals surface area (Å²) in [5.74, 6) is 0.641. The molecular formula is C50H33NO. The van der Waals surface area contributed by atoms with Gasteiger partial charge >= 0.3 is 0 Å². The number of fused-ring (bicyclic) bond motifs is 10. The summed E-state index contributed by atoms with van der Waals surface area (Å²) < 4.78 is 6.58. The fraction of sp³-hybridized carbons (Fsp3) is 0.0600. The summed E-state index contributed by atoms with van der Waals surface area (Å²) >= 11 is 0. The maximum absolute atomic E-state index is 6.58. The van der Waals surface area contributed by atoms with Gasteiger partial charge in [-0.3, -0.25) is 0 Å². The second kappa shape index (κ2) is 10.7. The van der Waals surface area contributed by atoms with Crippen LogP contribution in [0.2, 0.25) is 0 Å². The summed E-state index contributed by atoms with van der Waals surface area (Å²) in [5, 5.41) is 9.57. The number of hydrogen-bond donors (Lipinski definition) is 0. The highest BCUT2D eigenvalue weighted by Gasteiger charge is 2.35. The van der Waals surface area contributed by atoms with E-state index in [2.05, 4.69) is 147 Å².